The smallest absolute Gasteiger partial charge is 0.151 e. The minimum absolute atomic E-state index is 0.137. The predicted molar refractivity (Wildman–Crippen MR) is 71.4 cm³/mol. The summed E-state index contributed by atoms with van der Waals surface area (Å²) in [7, 11) is -3.25. The average molecular weight is 290 g/mol. The van der Waals surface area contributed by atoms with Crippen molar-refractivity contribution in [2.75, 3.05) is 19.4 Å². The van der Waals surface area contributed by atoms with Crippen LogP contribution >= 0.6 is 11.6 Å². The van der Waals surface area contributed by atoms with Crippen LogP contribution in [0.1, 0.15) is 11.5 Å². The molecular formula is C12H16ClNO3S. The molecule has 0 saturated heterocycles. The Hall–Kier alpha value is -0.620. The molecule has 3 atom stereocenters. The SMILES string of the molecule is CS(=O)(=O)C1C(c2cccc(Cl)c2)C1(CN)CO. The lowest BCUT2D eigenvalue weighted by molar-refractivity contribution is 0.212. The lowest BCUT2D eigenvalue weighted by Gasteiger charge is -2.11. The van der Waals surface area contributed by atoms with Crippen LogP contribution in [0, 0.1) is 5.41 Å². The van der Waals surface area contributed by atoms with Crippen LogP contribution in [0.4, 0.5) is 0 Å². The van der Waals surface area contributed by atoms with Crippen molar-refractivity contribution < 1.29 is 13.5 Å². The van der Waals surface area contributed by atoms with Gasteiger partial charge >= 0.3 is 0 Å². The van der Waals surface area contributed by atoms with Crippen molar-refractivity contribution in [2.45, 2.75) is 11.2 Å². The summed E-state index contributed by atoms with van der Waals surface area (Å²) < 4.78 is 23.6. The lowest BCUT2D eigenvalue weighted by Crippen LogP contribution is -2.27. The van der Waals surface area contributed by atoms with E-state index >= 15 is 0 Å². The zero-order valence-electron chi connectivity index (χ0n) is 10.0. The van der Waals surface area contributed by atoms with Gasteiger partial charge in [-0.05, 0) is 17.7 Å². The Morgan fingerprint density at radius 3 is 2.56 bits per heavy atom. The maximum absolute atomic E-state index is 11.8. The predicted octanol–water partition coefficient (Wildman–Crippen LogP) is 0.788. The van der Waals surface area contributed by atoms with Crippen LogP contribution in [0.25, 0.3) is 0 Å². The molecule has 4 nitrogen and oxygen atoms in total. The number of nitrogens with two attached hydrogens (primary N) is 1. The first-order chi connectivity index (χ1) is 8.36. The van der Waals surface area contributed by atoms with Gasteiger partial charge in [-0.3, -0.25) is 0 Å². The van der Waals surface area contributed by atoms with E-state index in [1.807, 2.05) is 6.07 Å². The van der Waals surface area contributed by atoms with Crippen LogP contribution in [-0.4, -0.2) is 38.2 Å². The maximum atomic E-state index is 11.8. The van der Waals surface area contributed by atoms with Crippen molar-refractivity contribution in [3.05, 3.63) is 34.9 Å². The molecule has 0 radical (unpaired) electrons. The summed E-state index contributed by atoms with van der Waals surface area (Å²) in [5, 5.41) is 9.44. The quantitative estimate of drug-likeness (QED) is 0.859. The second kappa shape index (κ2) is 4.49. The molecular weight excluding hydrogens is 274 g/mol. The lowest BCUT2D eigenvalue weighted by atomic mass is 10.0. The fourth-order valence-electron chi connectivity index (χ4n) is 2.83. The fourth-order valence-corrected chi connectivity index (χ4v) is 5.04. The third-order valence-electron chi connectivity index (χ3n) is 3.72. The van der Waals surface area contributed by atoms with Gasteiger partial charge in [-0.25, -0.2) is 8.42 Å². The average Bonchev–Trinajstić information content (AvgIpc) is 2.98. The monoisotopic (exact) mass is 289 g/mol. The molecule has 100 valence electrons. The molecule has 0 spiro atoms. The number of benzene rings is 1. The van der Waals surface area contributed by atoms with Crippen LogP contribution in [0.2, 0.25) is 5.02 Å². The van der Waals surface area contributed by atoms with Gasteiger partial charge in [0.2, 0.25) is 0 Å². The summed E-state index contributed by atoms with van der Waals surface area (Å²) in [5.41, 5.74) is 5.73. The molecule has 1 aliphatic carbocycles. The number of halogens is 1. The number of aliphatic hydroxyl groups is 1. The minimum Gasteiger partial charge on any atom is -0.396 e. The van der Waals surface area contributed by atoms with Gasteiger partial charge in [0.1, 0.15) is 0 Å². The molecule has 2 rings (SSSR count). The molecule has 1 aromatic rings. The fraction of sp³-hybridized carbons (Fsp3) is 0.500. The highest BCUT2D eigenvalue weighted by Crippen LogP contribution is 2.62. The third kappa shape index (κ3) is 2.05. The van der Waals surface area contributed by atoms with E-state index in [4.69, 9.17) is 17.3 Å². The molecule has 0 bridgehead atoms. The van der Waals surface area contributed by atoms with Crippen LogP contribution in [0.15, 0.2) is 24.3 Å². The first-order valence-electron chi connectivity index (χ1n) is 5.62. The van der Waals surface area contributed by atoms with Gasteiger partial charge in [0, 0.05) is 29.2 Å². The van der Waals surface area contributed by atoms with E-state index in [2.05, 4.69) is 0 Å². The van der Waals surface area contributed by atoms with Crippen LogP contribution in [-0.2, 0) is 9.84 Å². The molecule has 0 aliphatic heterocycles. The zero-order chi connectivity index (χ0) is 13.6. The summed E-state index contributed by atoms with van der Waals surface area (Å²) in [6, 6.07) is 7.05. The third-order valence-corrected chi connectivity index (χ3v) is 5.62. The van der Waals surface area contributed by atoms with Gasteiger partial charge in [-0.15, -0.1) is 0 Å². The Balaban J connectivity index is 2.45. The maximum Gasteiger partial charge on any atom is 0.151 e. The largest absolute Gasteiger partial charge is 0.396 e. The number of hydrogen-bond acceptors (Lipinski definition) is 4. The minimum atomic E-state index is -3.25. The van der Waals surface area contributed by atoms with E-state index in [1.54, 1.807) is 18.2 Å². The van der Waals surface area contributed by atoms with E-state index in [9.17, 15) is 13.5 Å². The van der Waals surface area contributed by atoms with Crippen molar-refractivity contribution >= 4 is 21.4 Å². The van der Waals surface area contributed by atoms with Gasteiger partial charge in [-0.1, -0.05) is 23.7 Å². The Labute approximate surface area is 112 Å². The van der Waals surface area contributed by atoms with E-state index in [0.29, 0.717) is 5.02 Å². The summed E-state index contributed by atoms with van der Waals surface area (Å²) >= 11 is 5.91. The second-order valence-electron chi connectivity index (χ2n) is 4.88. The molecule has 1 saturated carbocycles. The van der Waals surface area contributed by atoms with E-state index in [0.717, 1.165) is 5.56 Å². The van der Waals surface area contributed by atoms with Crippen LogP contribution < -0.4 is 5.73 Å². The van der Waals surface area contributed by atoms with E-state index in [1.165, 1.54) is 6.26 Å². The van der Waals surface area contributed by atoms with Crippen molar-refractivity contribution in [3.8, 4) is 0 Å². The molecule has 0 aromatic heterocycles. The summed E-state index contributed by atoms with van der Waals surface area (Å²) in [6.45, 7) is -0.100. The molecule has 0 heterocycles. The molecule has 3 unspecified atom stereocenters. The Morgan fingerprint density at radius 1 is 1.50 bits per heavy atom. The van der Waals surface area contributed by atoms with Crippen molar-refractivity contribution in [3.63, 3.8) is 0 Å². The number of aliphatic hydroxyl groups excluding tert-OH is 1. The Morgan fingerprint density at radius 2 is 2.17 bits per heavy atom. The van der Waals surface area contributed by atoms with Crippen molar-refractivity contribution in [1.29, 1.82) is 0 Å². The molecule has 1 fully saturated rings. The highest BCUT2D eigenvalue weighted by molar-refractivity contribution is 7.91. The van der Waals surface area contributed by atoms with Crippen molar-refractivity contribution in [2.24, 2.45) is 11.1 Å². The van der Waals surface area contributed by atoms with Gasteiger partial charge in [0.15, 0.2) is 9.84 Å². The highest BCUT2D eigenvalue weighted by atomic mass is 35.5. The number of hydrogen-bond donors (Lipinski definition) is 2. The zero-order valence-corrected chi connectivity index (χ0v) is 11.6. The van der Waals surface area contributed by atoms with Gasteiger partial charge in [-0.2, -0.15) is 0 Å². The standard InChI is InChI=1S/C12H16ClNO3S/c1-18(16,17)11-10(12(11,6-14)7-15)8-3-2-4-9(13)5-8/h2-5,10-11,15H,6-7,14H2,1H3. The van der Waals surface area contributed by atoms with Gasteiger partial charge < -0.3 is 10.8 Å². The molecule has 6 heteroatoms. The first kappa shape index (κ1) is 13.8. The number of sulfone groups is 1. The summed E-state index contributed by atoms with van der Waals surface area (Å²) in [6.07, 6.45) is 1.18. The Kier molecular flexibility index (Phi) is 3.44. The van der Waals surface area contributed by atoms with Gasteiger partial charge in [0.25, 0.3) is 0 Å². The number of rotatable bonds is 4. The topological polar surface area (TPSA) is 80.4 Å². The highest BCUT2D eigenvalue weighted by Gasteiger charge is 2.68. The van der Waals surface area contributed by atoms with Crippen molar-refractivity contribution in [1.82, 2.24) is 0 Å². The van der Waals surface area contributed by atoms with E-state index in [-0.39, 0.29) is 19.1 Å². The second-order valence-corrected chi connectivity index (χ2v) is 7.48. The molecule has 18 heavy (non-hydrogen) atoms. The summed E-state index contributed by atoms with van der Waals surface area (Å²) in [4.78, 5) is 0. The molecule has 0 amide bonds. The summed E-state index contributed by atoms with van der Waals surface area (Å²) in [5.74, 6) is -0.277. The molecule has 3 N–H and O–H groups in total. The van der Waals surface area contributed by atoms with Crippen LogP contribution in [0.5, 0.6) is 0 Å². The molecule has 1 aliphatic rings. The normalized spacial score (nSPS) is 31.3. The Bertz CT molecular complexity index is 554. The molecule has 1 aromatic carbocycles. The first-order valence-corrected chi connectivity index (χ1v) is 7.95. The van der Waals surface area contributed by atoms with Crippen LogP contribution in [0.3, 0.4) is 0 Å². The van der Waals surface area contributed by atoms with Gasteiger partial charge in [0.05, 0.1) is 11.9 Å². The van der Waals surface area contributed by atoms with E-state index < -0.39 is 20.5 Å².